The van der Waals surface area contributed by atoms with Gasteiger partial charge >= 0.3 is 0 Å². The van der Waals surface area contributed by atoms with Crippen LogP contribution in [0.15, 0.2) is 18.5 Å². The molecule has 9 nitrogen and oxygen atoms in total. The molecule has 2 N–H and O–H groups in total. The van der Waals surface area contributed by atoms with E-state index in [4.69, 9.17) is 25.2 Å². The summed E-state index contributed by atoms with van der Waals surface area (Å²) >= 11 is 0. The molecule has 5 rings (SSSR count). The van der Waals surface area contributed by atoms with Crippen LogP contribution in [0, 0.1) is 0 Å². The number of morpholine rings is 2. The zero-order valence-corrected chi connectivity index (χ0v) is 16.9. The largest absolute Gasteiger partial charge is 0.374 e. The Labute approximate surface area is 170 Å². The number of nitrogen functional groups attached to an aromatic ring is 1. The summed E-state index contributed by atoms with van der Waals surface area (Å²) in [4.78, 5) is 22.8. The molecular formula is C20H27N7O2. The minimum atomic E-state index is 0.212. The van der Waals surface area contributed by atoms with Gasteiger partial charge in [-0.3, -0.25) is 0 Å². The van der Waals surface area contributed by atoms with E-state index in [1.807, 2.05) is 6.07 Å². The maximum absolute atomic E-state index is 5.94. The first kappa shape index (κ1) is 18.5. The van der Waals surface area contributed by atoms with Crippen molar-refractivity contribution in [1.82, 2.24) is 19.9 Å². The molecule has 0 aromatic carbocycles. The van der Waals surface area contributed by atoms with Crippen molar-refractivity contribution in [2.24, 2.45) is 0 Å². The predicted octanol–water partition coefficient (Wildman–Crippen LogP) is 1.50. The van der Waals surface area contributed by atoms with Crippen molar-refractivity contribution in [2.45, 2.75) is 51.0 Å². The number of fused-ring (bicyclic) bond motifs is 2. The van der Waals surface area contributed by atoms with Gasteiger partial charge in [0.25, 0.3) is 0 Å². The Balaban J connectivity index is 1.55. The van der Waals surface area contributed by atoms with Crippen molar-refractivity contribution in [3.8, 4) is 11.3 Å². The van der Waals surface area contributed by atoms with Gasteiger partial charge in [-0.05, 0) is 19.8 Å². The molecule has 0 spiro atoms. The van der Waals surface area contributed by atoms with E-state index < -0.39 is 0 Å². The van der Waals surface area contributed by atoms with Crippen molar-refractivity contribution in [3.63, 3.8) is 0 Å². The second-order valence-electron chi connectivity index (χ2n) is 8.10. The Bertz CT molecular complexity index is 878. The molecule has 29 heavy (non-hydrogen) atoms. The molecular weight excluding hydrogens is 370 g/mol. The van der Waals surface area contributed by atoms with Crippen LogP contribution >= 0.6 is 0 Å². The number of anilines is 3. The number of nitrogens with zero attached hydrogens (tertiary/aromatic N) is 6. The van der Waals surface area contributed by atoms with Gasteiger partial charge in [-0.2, -0.15) is 4.98 Å². The Hall–Kier alpha value is -2.52. The Morgan fingerprint density at radius 1 is 1.10 bits per heavy atom. The number of hydrogen-bond donors (Lipinski definition) is 1. The van der Waals surface area contributed by atoms with Crippen LogP contribution in [0.4, 0.5) is 17.7 Å². The normalized spacial score (nSPS) is 28.9. The van der Waals surface area contributed by atoms with Gasteiger partial charge in [0, 0.05) is 37.1 Å². The van der Waals surface area contributed by atoms with Crippen LogP contribution in [0.3, 0.4) is 0 Å². The molecule has 0 aliphatic carbocycles. The second kappa shape index (κ2) is 7.38. The third kappa shape index (κ3) is 3.49. The second-order valence-corrected chi connectivity index (χ2v) is 8.10. The first-order chi connectivity index (χ1) is 14.1. The maximum Gasteiger partial charge on any atom is 0.228 e. The number of rotatable bonds is 4. The standard InChI is InChI=1S/C20H27N7O2/c1-3-15-8-26(12(2)10-28-15)18-5-17(13-6-22-19(21)23-7-13)24-20(25-18)27-9-16-4-14(27)11-29-16/h5-7,12,14-16H,3-4,8-11H2,1-2H3,(H2,21,22,23)/t12-,14-,15-,16-/m0/s1. The molecule has 9 heteroatoms. The Morgan fingerprint density at radius 3 is 2.62 bits per heavy atom. The molecule has 2 aromatic heterocycles. The summed E-state index contributed by atoms with van der Waals surface area (Å²) in [6.45, 7) is 7.42. The zero-order valence-electron chi connectivity index (χ0n) is 16.9. The lowest BCUT2D eigenvalue weighted by molar-refractivity contribution is 0.0204. The molecule has 3 saturated heterocycles. The summed E-state index contributed by atoms with van der Waals surface area (Å²) in [5.74, 6) is 1.92. The van der Waals surface area contributed by atoms with E-state index in [1.54, 1.807) is 12.4 Å². The van der Waals surface area contributed by atoms with E-state index in [0.717, 1.165) is 55.6 Å². The average molecular weight is 397 g/mol. The molecule has 2 aromatic rings. The summed E-state index contributed by atoms with van der Waals surface area (Å²) in [7, 11) is 0. The molecule has 5 heterocycles. The van der Waals surface area contributed by atoms with Gasteiger partial charge in [-0.15, -0.1) is 0 Å². The molecule has 4 atom stereocenters. The van der Waals surface area contributed by atoms with Gasteiger partial charge in [0.05, 0.1) is 43.2 Å². The highest BCUT2D eigenvalue weighted by Gasteiger charge is 2.40. The summed E-state index contributed by atoms with van der Waals surface area (Å²) in [6, 6.07) is 2.61. The van der Waals surface area contributed by atoms with Crippen LogP contribution in [0.5, 0.6) is 0 Å². The lowest BCUT2D eigenvalue weighted by Crippen LogP contribution is -2.48. The smallest absolute Gasteiger partial charge is 0.228 e. The monoisotopic (exact) mass is 397 g/mol. The van der Waals surface area contributed by atoms with Crippen molar-refractivity contribution in [2.75, 3.05) is 41.8 Å². The predicted molar refractivity (Wildman–Crippen MR) is 110 cm³/mol. The summed E-state index contributed by atoms with van der Waals surface area (Å²) in [5, 5.41) is 0. The van der Waals surface area contributed by atoms with E-state index in [1.165, 1.54) is 0 Å². The fourth-order valence-corrected chi connectivity index (χ4v) is 4.34. The first-order valence-electron chi connectivity index (χ1n) is 10.3. The van der Waals surface area contributed by atoms with Gasteiger partial charge < -0.3 is 25.0 Å². The third-order valence-electron chi connectivity index (χ3n) is 6.08. The fourth-order valence-electron chi connectivity index (χ4n) is 4.34. The lowest BCUT2D eigenvalue weighted by atomic mass is 10.1. The molecule has 0 unspecified atom stereocenters. The van der Waals surface area contributed by atoms with Crippen LogP contribution in [0.1, 0.15) is 26.7 Å². The van der Waals surface area contributed by atoms with Crippen LogP contribution < -0.4 is 15.5 Å². The number of aromatic nitrogens is 4. The van der Waals surface area contributed by atoms with Crippen molar-refractivity contribution in [1.29, 1.82) is 0 Å². The highest BCUT2D eigenvalue weighted by molar-refractivity contribution is 5.64. The van der Waals surface area contributed by atoms with E-state index >= 15 is 0 Å². The highest BCUT2D eigenvalue weighted by Crippen LogP contribution is 2.34. The average Bonchev–Trinajstić information content (AvgIpc) is 3.38. The zero-order chi connectivity index (χ0) is 20.0. The molecule has 2 bridgehead atoms. The molecule has 154 valence electrons. The van der Waals surface area contributed by atoms with Gasteiger partial charge in [0.15, 0.2) is 0 Å². The Morgan fingerprint density at radius 2 is 1.93 bits per heavy atom. The number of hydrogen-bond acceptors (Lipinski definition) is 9. The molecule has 0 amide bonds. The third-order valence-corrected chi connectivity index (χ3v) is 6.08. The highest BCUT2D eigenvalue weighted by atomic mass is 16.5. The van der Waals surface area contributed by atoms with Crippen molar-refractivity contribution >= 4 is 17.7 Å². The quantitative estimate of drug-likeness (QED) is 0.822. The van der Waals surface area contributed by atoms with E-state index in [2.05, 4.69) is 33.6 Å². The fraction of sp³-hybridized carbons (Fsp3) is 0.600. The van der Waals surface area contributed by atoms with Crippen LogP contribution in [0.25, 0.3) is 11.3 Å². The molecule has 3 fully saturated rings. The minimum absolute atomic E-state index is 0.212. The van der Waals surface area contributed by atoms with Crippen molar-refractivity contribution < 1.29 is 9.47 Å². The maximum atomic E-state index is 5.94. The Kier molecular flexibility index (Phi) is 4.71. The summed E-state index contributed by atoms with van der Waals surface area (Å²) < 4.78 is 11.7. The summed E-state index contributed by atoms with van der Waals surface area (Å²) in [5.41, 5.74) is 7.31. The molecule has 0 saturated carbocycles. The van der Waals surface area contributed by atoms with Crippen molar-refractivity contribution in [3.05, 3.63) is 18.5 Å². The van der Waals surface area contributed by atoms with Crippen LogP contribution in [0.2, 0.25) is 0 Å². The van der Waals surface area contributed by atoms with E-state index in [9.17, 15) is 0 Å². The molecule has 0 radical (unpaired) electrons. The van der Waals surface area contributed by atoms with Crippen LogP contribution in [-0.4, -0.2) is 70.5 Å². The SMILES string of the molecule is CC[C@H]1CN(c2cc(-c3cnc(N)nc3)nc(N3C[C@@H]4C[C@H]3CO4)n2)[C@@H](C)CO1. The van der Waals surface area contributed by atoms with Crippen LogP contribution in [-0.2, 0) is 9.47 Å². The van der Waals surface area contributed by atoms with E-state index in [0.29, 0.717) is 12.6 Å². The lowest BCUT2D eigenvalue weighted by Gasteiger charge is -2.39. The minimum Gasteiger partial charge on any atom is -0.374 e. The number of ether oxygens (including phenoxy) is 2. The van der Waals surface area contributed by atoms with Gasteiger partial charge in [0.2, 0.25) is 11.9 Å². The van der Waals surface area contributed by atoms with E-state index in [-0.39, 0.29) is 24.2 Å². The van der Waals surface area contributed by atoms with Gasteiger partial charge in [0.1, 0.15) is 5.82 Å². The van der Waals surface area contributed by atoms with Gasteiger partial charge in [-0.25, -0.2) is 15.0 Å². The summed E-state index contributed by atoms with van der Waals surface area (Å²) in [6.07, 6.45) is 5.95. The molecule has 3 aliphatic rings. The molecule has 3 aliphatic heterocycles. The first-order valence-corrected chi connectivity index (χ1v) is 10.3. The topological polar surface area (TPSA) is 103 Å². The number of nitrogens with two attached hydrogens (primary N) is 1. The van der Waals surface area contributed by atoms with Gasteiger partial charge in [-0.1, -0.05) is 6.92 Å².